The van der Waals surface area contributed by atoms with Crippen LogP contribution in [0.5, 0.6) is 0 Å². The third kappa shape index (κ3) is 2.21. The second kappa shape index (κ2) is 4.35. The first-order chi connectivity index (χ1) is 7.66. The molecule has 2 rings (SSSR count). The van der Waals surface area contributed by atoms with Gasteiger partial charge in [0.1, 0.15) is 0 Å². The fourth-order valence-corrected chi connectivity index (χ4v) is 1.65. The Morgan fingerprint density at radius 1 is 1.31 bits per heavy atom. The highest BCUT2D eigenvalue weighted by molar-refractivity contribution is 5.57. The predicted molar refractivity (Wildman–Crippen MR) is 61.1 cm³/mol. The van der Waals surface area contributed by atoms with Gasteiger partial charge in [-0.3, -0.25) is 9.42 Å². The van der Waals surface area contributed by atoms with E-state index in [-0.39, 0.29) is 5.56 Å². The average molecular weight is 218 g/mol. The van der Waals surface area contributed by atoms with E-state index in [2.05, 4.69) is 28.8 Å². The first-order valence-electron chi connectivity index (χ1n) is 5.30. The second-order valence-corrected chi connectivity index (χ2v) is 4.26. The lowest BCUT2D eigenvalue weighted by molar-refractivity contribution is 0.305. The van der Waals surface area contributed by atoms with Gasteiger partial charge in [-0.1, -0.05) is 38.1 Å². The Bertz CT molecular complexity index is 508. The van der Waals surface area contributed by atoms with Gasteiger partial charge in [-0.25, -0.2) is 0 Å². The summed E-state index contributed by atoms with van der Waals surface area (Å²) < 4.78 is 4.51. The van der Waals surface area contributed by atoms with Gasteiger partial charge >= 0.3 is 5.56 Å². The molecule has 4 nitrogen and oxygen atoms in total. The van der Waals surface area contributed by atoms with Gasteiger partial charge in [0.15, 0.2) is 5.69 Å². The fourth-order valence-electron chi connectivity index (χ4n) is 1.65. The Kier molecular flexibility index (Phi) is 2.90. The van der Waals surface area contributed by atoms with Crippen LogP contribution >= 0.6 is 0 Å². The van der Waals surface area contributed by atoms with Crippen LogP contribution in [-0.4, -0.2) is 10.3 Å². The molecule has 0 saturated heterocycles. The lowest BCUT2D eigenvalue weighted by Gasteiger charge is -2.04. The molecule has 0 aliphatic rings. The number of H-pyrrole nitrogens is 1. The molecule has 4 heteroatoms. The molecule has 84 valence electrons. The maximum atomic E-state index is 11.3. The minimum absolute atomic E-state index is 0.295. The van der Waals surface area contributed by atoms with Crippen molar-refractivity contribution in [3.63, 3.8) is 0 Å². The van der Waals surface area contributed by atoms with E-state index in [4.69, 9.17) is 0 Å². The topological polar surface area (TPSA) is 58.9 Å². The standard InChI is InChI=1S/C12H14N2O2/c1-8(2)7-9-3-5-10(6-4-9)11-12(15)14-16-13-11/h3-6,8H,7H2,1-2H3,(H,14,15). The van der Waals surface area contributed by atoms with Crippen LogP contribution in [0.15, 0.2) is 33.7 Å². The number of benzene rings is 1. The van der Waals surface area contributed by atoms with E-state index in [0.717, 1.165) is 12.0 Å². The van der Waals surface area contributed by atoms with Crippen molar-refractivity contribution >= 4 is 0 Å². The molecular weight excluding hydrogens is 204 g/mol. The number of aromatic amines is 1. The van der Waals surface area contributed by atoms with Gasteiger partial charge in [0, 0.05) is 5.56 Å². The molecule has 0 bridgehead atoms. The van der Waals surface area contributed by atoms with Crippen LogP contribution in [0.4, 0.5) is 0 Å². The summed E-state index contributed by atoms with van der Waals surface area (Å²) in [5, 5.41) is 5.81. The van der Waals surface area contributed by atoms with Crippen LogP contribution in [-0.2, 0) is 6.42 Å². The highest BCUT2D eigenvalue weighted by Gasteiger charge is 2.07. The van der Waals surface area contributed by atoms with Crippen LogP contribution in [0, 0.1) is 5.92 Å². The van der Waals surface area contributed by atoms with Crippen molar-refractivity contribution in [1.29, 1.82) is 0 Å². The first kappa shape index (κ1) is 10.7. The minimum atomic E-state index is -0.295. The Morgan fingerprint density at radius 2 is 2.00 bits per heavy atom. The van der Waals surface area contributed by atoms with Crippen LogP contribution in [0.25, 0.3) is 11.3 Å². The molecule has 0 radical (unpaired) electrons. The van der Waals surface area contributed by atoms with E-state index in [1.165, 1.54) is 5.56 Å². The van der Waals surface area contributed by atoms with E-state index in [1.54, 1.807) is 0 Å². The van der Waals surface area contributed by atoms with E-state index in [0.29, 0.717) is 11.6 Å². The number of aromatic nitrogens is 2. The Morgan fingerprint density at radius 3 is 2.50 bits per heavy atom. The summed E-state index contributed by atoms with van der Waals surface area (Å²) in [5.74, 6) is 0.626. The van der Waals surface area contributed by atoms with Crippen LogP contribution in [0.1, 0.15) is 19.4 Å². The van der Waals surface area contributed by atoms with E-state index in [9.17, 15) is 4.79 Å². The summed E-state index contributed by atoms with van der Waals surface area (Å²) in [7, 11) is 0. The van der Waals surface area contributed by atoms with Crippen LogP contribution in [0.3, 0.4) is 0 Å². The molecule has 0 aliphatic carbocycles. The van der Waals surface area contributed by atoms with Gasteiger partial charge < -0.3 is 0 Å². The van der Waals surface area contributed by atoms with Crippen LogP contribution < -0.4 is 5.56 Å². The number of nitrogens with one attached hydrogen (secondary N) is 1. The van der Waals surface area contributed by atoms with Gasteiger partial charge in [-0.05, 0) is 23.1 Å². The van der Waals surface area contributed by atoms with E-state index >= 15 is 0 Å². The summed E-state index contributed by atoms with van der Waals surface area (Å²) in [6.07, 6.45) is 1.04. The van der Waals surface area contributed by atoms with Crippen molar-refractivity contribution in [3.05, 3.63) is 40.2 Å². The van der Waals surface area contributed by atoms with E-state index in [1.807, 2.05) is 24.3 Å². The normalized spacial score (nSPS) is 10.9. The number of nitrogens with zero attached hydrogens (tertiary/aromatic N) is 1. The molecule has 0 fully saturated rings. The molecule has 0 saturated carbocycles. The van der Waals surface area contributed by atoms with Crippen molar-refractivity contribution in [2.24, 2.45) is 5.92 Å². The lowest BCUT2D eigenvalue weighted by Crippen LogP contribution is -2.01. The smallest absolute Gasteiger partial charge is 0.267 e. The third-order valence-electron chi connectivity index (χ3n) is 2.36. The summed E-state index contributed by atoms with van der Waals surface area (Å²) in [4.78, 5) is 11.3. The fraction of sp³-hybridized carbons (Fsp3) is 0.333. The van der Waals surface area contributed by atoms with Crippen molar-refractivity contribution in [1.82, 2.24) is 10.3 Å². The second-order valence-electron chi connectivity index (χ2n) is 4.26. The highest BCUT2D eigenvalue weighted by Crippen LogP contribution is 2.15. The molecule has 0 unspecified atom stereocenters. The van der Waals surface area contributed by atoms with Crippen molar-refractivity contribution < 1.29 is 4.63 Å². The minimum Gasteiger partial charge on any atom is -0.267 e. The molecule has 0 amide bonds. The Hall–Kier alpha value is -1.84. The third-order valence-corrected chi connectivity index (χ3v) is 2.36. The van der Waals surface area contributed by atoms with Gasteiger partial charge in [0.25, 0.3) is 0 Å². The summed E-state index contributed by atoms with van der Waals surface area (Å²) >= 11 is 0. The molecule has 1 aromatic heterocycles. The lowest BCUT2D eigenvalue weighted by atomic mass is 10.0. The molecular formula is C12H14N2O2. The SMILES string of the molecule is CC(C)Cc1ccc(-c2no[nH]c2=O)cc1. The zero-order valence-corrected chi connectivity index (χ0v) is 9.36. The molecule has 1 aromatic carbocycles. The molecule has 2 aromatic rings. The average Bonchev–Trinajstić information content (AvgIpc) is 2.65. The quantitative estimate of drug-likeness (QED) is 0.859. The number of rotatable bonds is 3. The molecule has 0 aliphatic heterocycles. The van der Waals surface area contributed by atoms with Gasteiger partial charge in [-0.15, -0.1) is 0 Å². The largest absolute Gasteiger partial charge is 0.308 e. The van der Waals surface area contributed by atoms with Crippen molar-refractivity contribution in [3.8, 4) is 11.3 Å². The Balaban J connectivity index is 2.26. The number of hydrogen-bond acceptors (Lipinski definition) is 3. The molecule has 0 atom stereocenters. The molecule has 0 spiro atoms. The zero-order chi connectivity index (χ0) is 11.5. The van der Waals surface area contributed by atoms with Crippen LogP contribution in [0.2, 0.25) is 0 Å². The monoisotopic (exact) mass is 218 g/mol. The first-order valence-corrected chi connectivity index (χ1v) is 5.30. The molecule has 1 N–H and O–H groups in total. The van der Waals surface area contributed by atoms with Gasteiger partial charge in [0.2, 0.25) is 0 Å². The maximum absolute atomic E-state index is 11.3. The maximum Gasteiger partial charge on any atom is 0.308 e. The summed E-state index contributed by atoms with van der Waals surface area (Å²) in [6, 6.07) is 7.82. The predicted octanol–water partition coefficient (Wildman–Crippen LogP) is 2.23. The van der Waals surface area contributed by atoms with Gasteiger partial charge in [0.05, 0.1) is 0 Å². The Labute approximate surface area is 93.2 Å². The highest BCUT2D eigenvalue weighted by atomic mass is 16.6. The molecule has 1 heterocycles. The van der Waals surface area contributed by atoms with E-state index < -0.39 is 0 Å². The summed E-state index contributed by atoms with van der Waals surface area (Å²) in [5.41, 5.74) is 2.08. The number of hydrogen-bond donors (Lipinski definition) is 1. The molecule has 16 heavy (non-hydrogen) atoms. The summed E-state index contributed by atoms with van der Waals surface area (Å²) in [6.45, 7) is 4.35. The van der Waals surface area contributed by atoms with Crippen molar-refractivity contribution in [2.75, 3.05) is 0 Å². The van der Waals surface area contributed by atoms with Crippen molar-refractivity contribution in [2.45, 2.75) is 20.3 Å². The van der Waals surface area contributed by atoms with Gasteiger partial charge in [-0.2, -0.15) is 5.16 Å². The zero-order valence-electron chi connectivity index (χ0n) is 9.36.